The number of aromatic nitrogens is 2. The Bertz CT molecular complexity index is 394. The first-order chi connectivity index (χ1) is 7.79. The van der Waals surface area contributed by atoms with Crippen molar-refractivity contribution in [1.29, 1.82) is 0 Å². The van der Waals surface area contributed by atoms with Gasteiger partial charge in [-0.3, -0.25) is 4.79 Å². The molecule has 1 aromatic rings. The number of thioether (sulfide) groups is 1. The summed E-state index contributed by atoms with van der Waals surface area (Å²) in [5.41, 5.74) is 0.719. The van der Waals surface area contributed by atoms with Crippen molar-refractivity contribution >= 4 is 17.7 Å². The van der Waals surface area contributed by atoms with E-state index in [0.717, 1.165) is 5.56 Å². The van der Waals surface area contributed by atoms with Gasteiger partial charge in [0.15, 0.2) is 5.16 Å². The zero-order valence-electron chi connectivity index (χ0n) is 8.73. The van der Waals surface area contributed by atoms with Gasteiger partial charge in [-0.25, -0.2) is 9.97 Å². The van der Waals surface area contributed by atoms with Crippen LogP contribution in [0.3, 0.4) is 0 Å². The van der Waals surface area contributed by atoms with Gasteiger partial charge in [0.2, 0.25) is 0 Å². The molecule has 1 N–H and O–H groups in total. The van der Waals surface area contributed by atoms with Crippen molar-refractivity contribution in [3.8, 4) is 0 Å². The van der Waals surface area contributed by atoms with Crippen LogP contribution in [-0.2, 0) is 4.79 Å². The second-order valence-electron chi connectivity index (χ2n) is 3.29. The van der Waals surface area contributed by atoms with Crippen LogP contribution in [0.4, 0.5) is 13.2 Å². The number of halogens is 3. The Morgan fingerprint density at radius 2 is 2.00 bits per heavy atom. The minimum atomic E-state index is -4.60. The van der Waals surface area contributed by atoms with E-state index in [-0.39, 0.29) is 5.16 Å². The monoisotopic (exact) mass is 266 g/mol. The van der Waals surface area contributed by atoms with Crippen molar-refractivity contribution in [1.82, 2.24) is 9.97 Å². The van der Waals surface area contributed by atoms with Crippen LogP contribution in [0.1, 0.15) is 12.0 Å². The zero-order chi connectivity index (χ0) is 13.1. The SMILES string of the molecule is Cc1cnc(SC(CC(=O)O)C(F)(F)F)nc1. The lowest BCUT2D eigenvalue weighted by atomic mass is 10.3. The van der Waals surface area contributed by atoms with Gasteiger partial charge >= 0.3 is 12.1 Å². The van der Waals surface area contributed by atoms with Gasteiger partial charge in [0.25, 0.3) is 0 Å². The molecule has 1 unspecified atom stereocenters. The number of carboxylic acid groups (broad SMARTS) is 1. The van der Waals surface area contributed by atoms with Crippen LogP contribution in [0.5, 0.6) is 0 Å². The lowest BCUT2D eigenvalue weighted by molar-refractivity contribution is -0.149. The third-order valence-electron chi connectivity index (χ3n) is 1.73. The molecule has 1 rings (SSSR count). The second-order valence-corrected chi connectivity index (χ2v) is 4.46. The van der Waals surface area contributed by atoms with E-state index in [1.807, 2.05) is 0 Å². The highest BCUT2D eigenvalue weighted by Gasteiger charge is 2.42. The third-order valence-corrected chi connectivity index (χ3v) is 2.87. The number of alkyl halides is 3. The molecule has 1 aromatic heterocycles. The van der Waals surface area contributed by atoms with Gasteiger partial charge in [0, 0.05) is 12.4 Å². The topological polar surface area (TPSA) is 63.1 Å². The van der Waals surface area contributed by atoms with E-state index in [4.69, 9.17) is 5.11 Å². The molecule has 8 heteroatoms. The summed E-state index contributed by atoms with van der Waals surface area (Å²) in [6, 6.07) is 0. The highest BCUT2D eigenvalue weighted by molar-refractivity contribution is 7.99. The molecular formula is C9H9F3N2O2S. The lowest BCUT2D eigenvalue weighted by Gasteiger charge is -2.16. The molecule has 0 aliphatic carbocycles. The molecule has 0 fully saturated rings. The van der Waals surface area contributed by atoms with E-state index in [1.54, 1.807) is 6.92 Å². The number of nitrogens with zero attached hydrogens (tertiary/aromatic N) is 2. The number of carboxylic acids is 1. The van der Waals surface area contributed by atoms with Crippen LogP contribution >= 0.6 is 11.8 Å². The van der Waals surface area contributed by atoms with Crippen LogP contribution in [0, 0.1) is 6.92 Å². The minimum Gasteiger partial charge on any atom is -0.481 e. The number of hydrogen-bond donors (Lipinski definition) is 1. The van der Waals surface area contributed by atoms with Crippen molar-refractivity contribution in [2.24, 2.45) is 0 Å². The molecule has 0 bridgehead atoms. The Balaban J connectivity index is 2.79. The Morgan fingerprint density at radius 3 is 2.41 bits per heavy atom. The fourth-order valence-electron chi connectivity index (χ4n) is 0.952. The molecule has 1 heterocycles. The maximum absolute atomic E-state index is 12.5. The average Bonchev–Trinajstić information content (AvgIpc) is 2.18. The Labute approximate surface area is 99.3 Å². The summed E-state index contributed by atoms with van der Waals surface area (Å²) in [4.78, 5) is 17.7. The molecule has 4 nitrogen and oxygen atoms in total. The molecule has 0 saturated carbocycles. The Kier molecular flexibility index (Phi) is 4.33. The summed E-state index contributed by atoms with van der Waals surface area (Å²) in [7, 11) is 0. The lowest BCUT2D eigenvalue weighted by Crippen LogP contribution is -2.28. The van der Waals surface area contributed by atoms with Gasteiger partial charge in [-0.05, 0) is 12.5 Å². The van der Waals surface area contributed by atoms with Crippen molar-refractivity contribution in [2.45, 2.75) is 29.9 Å². The summed E-state index contributed by atoms with van der Waals surface area (Å²) in [5.74, 6) is -1.51. The molecular weight excluding hydrogens is 257 g/mol. The van der Waals surface area contributed by atoms with Gasteiger partial charge < -0.3 is 5.11 Å². The maximum Gasteiger partial charge on any atom is 0.401 e. The van der Waals surface area contributed by atoms with Crippen molar-refractivity contribution in [3.63, 3.8) is 0 Å². The first-order valence-corrected chi connectivity index (χ1v) is 5.41. The zero-order valence-corrected chi connectivity index (χ0v) is 9.55. The molecule has 94 valence electrons. The molecule has 17 heavy (non-hydrogen) atoms. The number of aliphatic carboxylic acids is 1. The normalized spacial score (nSPS) is 13.4. The molecule has 0 aliphatic heterocycles. The summed E-state index contributed by atoms with van der Waals surface area (Å²) in [6.07, 6.45) is -2.85. The van der Waals surface area contributed by atoms with E-state index < -0.39 is 23.8 Å². The molecule has 0 saturated heterocycles. The minimum absolute atomic E-state index is 0.0841. The van der Waals surface area contributed by atoms with Crippen LogP contribution in [-0.4, -0.2) is 32.5 Å². The fraction of sp³-hybridized carbons (Fsp3) is 0.444. The third kappa shape index (κ3) is 4.59. The molecule has 0 radical (unpaired) electrons. The van der Waals surface area contributed by atoms with Crippen molar-refractivity contribution in [2.75, 3.05) is 0 Å². The van der Waals surface area contributed by atoms with E-state index in [2.05, 4.69) is 9.97 Å². The van der Waals surface area contributed by atoms with Gasteiger partial charge in [0.1, 0.15) is 5.25 Å². The number of rotatable bonds is 4. The first kappa shape index (κ1) is 13.8. The van der Waals surface area contributed by atoms with E-state index in [0.29, 0.717) is 11.8 Å². The molecule has 1 atom stereocenters. The fourth-order valence-corrected chi connectivity index (χ4v) is 1.79. The smallest absolute Gasteiger partial charge is 0.401 e. The van der Waals surface area contributed by atoms with Crippen molar-refractivity contribution in [3.05, 3.63) is 18.0 Å². The van der Waals surface area contributed by atoms with Gasteiger partial charge in [-0.1, -0.05) is 11.8 Å². The summed E-state index contributed by atoms with van der Waals surface area (Å²) < 4.78 is 37.5. The first-order valence-electron chi connectivity index (χ1n) is 4.53. The van der Waals surface area contributed by atoms with Crippen LogP contribution < -0.4 is 0 Å². The van der Waals surface area contributed by atoms with Crippen LogP contribution in [0.15, 0.2) is 17.6 Å². The molecule has 0 amide bonds. The Morgan fingerprint density at radius 1 is 1.47 bits per heavy atom. The van der Waals surface area contributed by atoms with Crippen LogP contribution in [0.2, 0.25) is 0 Å². The quantitative estimate of drug-likeness (QED) is 0.669. The largest absolute Gasteiger partial charge is 0.481 e. The Hall–Kier alpha value is -1.31. The van der Waals surface area contributed by atoms with Gasteiger partial charge in [-0.2, -0.15) is 13.2 Å². The van der Waals surface area contributed by atoms with E-state index in [1.165, 1.54) is 12.4 Å². The number of aryl methyl sites for hydroxylation is 1. The summed E-state index contributed by atoms with van der Waals surface area (Å²) >= 11 is 0.305. The number of carbonyl (C=O) groups is 1. The number of hydrogen-bond acceptors (Lipinski definition) is 4. The van der Waals surface area contributed by atoms with Gasteiger partial charge in [-0.15, -0.1) is 0 Å². The highest BCUT2D eigenvalue weighted by Crippen LogP contribution is 2.35. The van der Waals surface area contributed by atoms with Crippen molar-refractivity contribution < 1.29 is 23.1 Å². The van der Waals surface area contributed by atoms with E-state index in [9.17, 15) is 18.0 Å². The average molecular weight is 266 g/mol. The second kappa shape index (κ2) is 5.35. The maximum atomic E-state index is 12.5. The molecule has 0 aromatic carbocycles. The highest BCUT2D eigenvalue weighted by atomic mass is 32.2. The molecule has 0 aliphatic rings. The summed E-state index contributed by atoms with van der Waals surface area (Å²) in [5, 5.41) is 6.29. The summed E-state index contributed by atoms with van der Waals surface area (Å²) in [6.45, 7) is 1.70. The van der Waals surface area contributed by atoms with E-state index >= 15 is 0 Å². The predicted molar refractivity (Wildman–Crippen MR) is 54.7 cm³/mol. The van der Waals surface area contributed by atoms with Gasteiger partial charge in [0.05, 0.1) is 6.42 Å². The standard InChI is InChI=1S/C9H9F3N2O2S/c1-5-3-13-8(14-4-5)17-6(2-7(15)16)9(10,11)12/h3-4,6H,2H2,1H3,(H,15,16). The predicted octanol–water partition coefficient (Wildman–Crippen LogP) is 2.28. The molecule has 0 spiro atoms. The van der Waals surface area contributed by atoms with Crippen LogP contribution in [0.25, 0.3) is 0 Å².